The van der Waals surface area contributed by atoms with E-state index in [2.05, 4.69) is 15.4 Å². The maximum atomic E-state index is 12.6. The van der Waals surface area contributed by atoms with Crippen LogP contribution in [0.25, 0.3) is 11.1 Å². The summed E-state index contributed by atoms with van der Waals surface area (Å²) in [6.45, 7) is 1.72. The van der Waals surface area contributed by atoms with Crippen LogP contribution in [0.15, 0.2) is 73.9 Å². The first-order valence-electron chi connectivity index (χ1n) is 7.83. The highest BCUT2D eigenvalue weighted by molar-refractivity contribution is 7.99. The molecule has 0 aliphatic carbocycles. The van der Waals surface area contributed by atoms with Crippen molar-refractivity contribution < 1.29 is 9.21 Å². The van der Waals surface area contributed by atoms with E-state index in [1.165, 1.54) is 0 Å². The van der Waals surface area contributed by atoms with Gasteiger partial charge in [-0.3, -0.25) is 9.89 Å². The molecule has 4 aromatic rings. The summed E-state index contributed by atoms with van der Waals surface area (Å²) in [6.07, 6.45) is 0. The number of anilines is 1. The molecule has 7 nitrogen and oxygen atoms in total. The fraction of sp³-hybridized carbons (Fsp3) is 0.0556. The predicted molar refractivity (Wildman–Crippen MR) is 98.8 cm³/mol. The van der Waals surface area contributed by atoms with Gasteiger partial charge in [0.15, 0.2) is 5.58 Å². The third-order valence-electron chi connectivity index (χ3n) is 3.71. The number of rotatable bonds is 3. The number of hydrogen-bond acceptors (Lipinski definition) is 5. The van der Waals surface area contributed by atoms with E-state index in [0.717, 1.165) is 16.4 Å². The Balaban J connectivity index is 1.62. The smallest absolute Gasteiger partial charge is 0.348 e. The van der Waals surface area contributed by atoms with Gasteiger partial charge in [-0.15, -0.1) is 0 Å². The van der Waals surface area contributed by atoms with Crippen molar-refractivity contribution >= 4 is 34.6 Å². The molecule has 0 saturated carbocycles. The second kappa shape index (κ2) is 6.57. The molecule has 0 atom stereocenters. The topological polar surface area (TPSA) is 92.9 Å². The Labute approximate surface area is 152 Å². The number of carbonyl (C=O) groups is 1. The Morgan fingerprint density at radius 1 is 1.15 bits per heavy atom. The van der Waals surface area contributed by atoms with Gasteiger partial charge in [-0.2, -0.15) is 4.68 Å². The van der Waals surface area contributed by atoms with E-state index in [1.807, 2.05) is 30.3 Å². The number of nitrogens with one attached hydrogen (secondary N) is 2. The van der Waals surface area contributed by atoms with E-state index in [9.17, 15) is 9.59 Å². The number of benzene rings is 2. The average Bonchev–Trinajstić information content (AvgIpc) is 3.18. The molecule has 0 aliphatic heterocycles. The Hall–Kier alpha value is -3.26. The maximum absolute atomic E-state index is 12.6. The predicted octanol–water partition coefficient (Wildman–Crippen LogP) is 3.86. The van der Waals surface area contributed by atoms with Crippen LogP contribution in [0.4, 0.5) is 10.5 Å². The maximum Gasteiger partial charge on any atom is 0.348 e. The number of aromatic nitrogens is 3. The van der Waals surface area contributed by atoms with Gasteiger partial charge in [-0.25, -0.2) is 9.78 Å². The number of hydrogen-bond donors (Lipinski definition) is 2. The average molecular weight is 366 g/mol. The lowest BCUT2D eigenvalue weighted by molar-refractivity contribution is 0.250. The van der Waals surface area contributed by atoms with Crippen LogP contribution < -0.4 is 10.9 Å². The molecule has 0 spiro atoms. The van der Waals surface area contributed by atoms with Crippen LogP contribution in [0.5, 0.6) is 0 Å². The van der Waals surface area contributed by atoms with Crippen LogP contribution in [0, 0.1) is 6.92 Å². The highest BCUT2D eigenvalue weighted by Crippen LogP contribution is 2.29. The molecule has 1 amide bonds. The molecule has 2 aromatic carbocycles. The van der Waals surface area contributed by atoms with E-state index in [-0.39, 0.29) is 0 Å². The highest BCUT2D eigenvalue weighted by atomic mass is 32.2. The molecule has 130 valence electrons. The fourth-order valence-corrected chi connectivity index (χ4v) is 3.30. The van der Waals surface area contributed by atoms with Crippen molar-refractivity contribution in [2.24, 2.45) is 0 Å². The summed E-state index contributed by atoms with van der Waals surface area (Å²) in [6, 6.07) is 15.7. The van der Waals surface area contributed by atoms with Gasteiger partial charge in [0.25, 0.3) is 10.8 Å². The Bertz CT molecular complexity index is 1110. The van der Waals surface area contributed by atoms with Gasteiger partial charge in [-0.05, 0) is 43.0 Å². The zero-order valence-electron chi connectivity index (χ0n) is 13.7. The lowest BCUT2D eigenvalue weighted by Crippen LogP contribution is -2.30. The molecule has 0 saturated heterocycles. The van der Waals surface area contributed by atoms with E-state index in [1.54, 1.807) is 31.2 Å². The van der Waals surface area contributed by atoms with Crippen molar-refractivity contribution in [1.82, 2.24) is 14.8 Å². The molecule has 4 rings (SSSR count). The largest absolute Gasteiger partial charge is 0.431 e. The van der Waals surface area contributed by atoms with Crippen LogP contribution in [0.2, 0.25) is 0 Å². The zero-order valence-corrected chi connectivity index (χ0v) is 14.5. The number of amides is 1. The first-order chi connectivity index (χ1) is 12.6. The summed E-state index contributed by atoms with van der Waals surface area (Å²) in [5.41, 5.74) is 2.06. The molecule has 0 radical (unpaired) electrons. The van der Waals surface area contributed by atoms with Gasteiger partial charge in [0.1, 0.15) is 10.4 Å². The minimum atomic E-state index is -0.561. The number of H-pyrrole nitrogens is 1. The van der Waals surface area contributed by atoms with Crippen LogP contribution >= 0.6 is 11.8 Å². The SMILES string of the molecule is Cc1[nH]n(C(=O)Nc2ccccc2)c(=O)c1Sc1nc2ccccc2o1. The van der Waals surface area contributed by atoms with Crippen LogP contribution in [-0.4, -0.2) is 20.8 Å². The van der Waals surface area contributed by atoms with Crippen molar-refractivity contribution in [3.05, 3.63) is 70.6 Å². The van der Waals surface area contributed by atoms with Crippen LogP contribution in [0.3, 0.4) is 0 Å². The number of aromatic amines is 1. The molecule has 26 heavy (non-hydrogen) atoms. The summed E-state index contributed by atoms with van der Waals surface area (Å²) >= 11 is 1.09. The standard InChI is InChI=1S/C18H14N4O3S/c1-11-15(26-18-20-13-9-5-6-10-14(13)25-18)16(23)22(21-11)17(24)19-12-7-3-2-4-8-12/h2-10,21H,1H3,(H,19,24). The number of para-hydroxylation sites is 3. The van der Waals surface area contributed by atoms with Crippen LogP contribution in [-0.2, 0) is 0 Å². The Morgan fingerprint density at radius 3 is 2.65 bits per heavy atom. The Kier molecular flexibility index (Phi) is 4.10. The third-order valence-corrected chi connectivity index (χ3v) is 4.74. The minimum Gasteiger partial charge on any atom is -0.431 e. The summed E-state index contributed by atoms with van der Waals surface area (Å²) in [5.74, 6) is 0. The van der Waals surface area contributed by atoms with Gasteiger partial charge >= 0.3 is 6.03 Å². The normalized spacial score (nSPS) is 11.0. The molecular formula is C18H14N4O3S. The number of fused-ring (bicyclic) bond motifs is 1. The monoisotopic (exact) mass is 366 g/mol. The van der Waals surface area contributed by atoms with Gasteiger partial charge in [0.05, 0.1) is 0 Å². The molecule has 0 fully saturated rings. The first kappa shape index (κ1) is 16.2. The van der Waals surface area contributed by atoms with Crippen LogP contribution in [0.1, 0.15) is 5.69 Å². The second-order valence-corrected chi connectivity index (χ2v) is 6.51. The van der Waals surface area contributed by atoms with Crippen molar-refractivity contribution in [2.45, 2.75) is 17.0 Å². The van der Waals surface area contributed by atoms with Gasteiger partial charge in [-0.1, -0.05) is 30.3 Å². The van der Waals surface area contributed by atoms with Crippen molar-refractivity contribution in [3.8, 4) is 0 Å². The van der Waals surface area contributed by atoms with Gasteiger partial charge in [0.2, 0.25) is 0 Å². The zero-order chi connectivity index (χ0) is 18.1. The lowest BCUT2D eigenvalue weighted by atomic mass is 10.3. The molecule has 2 N–H and O–H groups in total. The molecule has 0 bridgehead atoms. The lowest BCUT2D eigenvalue weighted by Gasteiger charge is -2.03. The number of nitrogens with zero attached hydrogens (tertiary/aromatic N) is 2. The summed E-state index contributed by atoms with van der Waals surface area (Å²) in [5, 5.41) is 5.81. The minimum absolute atomic E-state index is 0.348. The second-order valence-electron chi connectivity index (χ2n) is 5.55. The summed E-state index contributed by atoms with van der Waals surface area (Å²) in [4.78, 5) is 29.7. The van der Waals surface area contributed by atoms with Crippen molar-refractivity contribution in [3.63, 3.8) is 0 Å². The molecule has 8 heteroatoms. The highest BCUT2D eigenvalue weighted by Gasteiger charge is 2.19. The van der Waals surface area contributed by atoms with E-state index in [0.29, 0.717) is 32.6 Å². The van der Waals surface area contributed by atoms with E-state index < -0.39 is 11.6 Å². The van der Waals surface area contributed by atoms with Crippen molar-refractivity contribution in [2.75, 3.05) is 5.32 Å². The van der Waals surface area contributed by atoms with Crippen molar-refractivity contribution in [1.29, 1.82) is 0 Å². The van der Waals surface area contributed by atoms with E-state index >= 15 is 0 Å². The molecular weight excluding hydrogens is 352 g/mol. The quantitative estimate of drug-likeness (QED) is 0.574. The van der Waals surface area contributed by atoms with Gasteiger partial charge < -0.3 is 9.73 Å². The number of aryl methyl sites for hydroxylation is 1. The first-order valence-corrected chi connectivity index (χ1v) is 8.65. The third kappa shape index (κ3) is 3.02. The molecule has 2 heterocycles. The molecule has 0 unspecified atom stereocenters. The number of carbonyl (C=O) groups excluding carboxylic acids is 1. The fourth-order valence-electron chi connectivity index (χ4n) is 2.48. The summed E-state index contributed by atoms with van der Waals surface area (Å²) < 4.78 is 6.57. The number of oxazole rings is 1. The van der Waals surface area contributed by atoms with E-state index in [4.69, 9.17) is 4.42 Å². The summed E-state index contributed by atoms with van der Waals surface area (Å²) in [7, 11) is 0. The Morgan fingerprint density at radius 2 is 1.88 bits per heavy atom. The molecule has 0 aliphatic rings. The molecule has 2 aromatic heterocycles. The van der Waals surface area contributed by atoms with Gasteiger partial charge in [0, 0.05) is 11.4 Å².